The molecule has 36 heavy (non-hydrogen) atoms. The van der Waals surface area contributed by atoms with Crippen molar-refractivity contribution in [3.8, 4) is 0 Å². The average molecular weight is 546 g/mol. The van der Waals surface area contributed by atoms with Crippen LogP contribution in [0.3, 0.4) is 0 Å². The summed E-state index contributed by atoms with van der Waals surface area (Å²) in [5, 5.41) is 5.67. The molecule has 1 fully saturated rings. The highest BCUT2D eigenvalue weighted by atomic mass is 32.1. The number of piperidine rings is 1. The van der Waals surface area contributed by atoms with Crippen LogP contribution in [0.15, 0.2) is 11.4 Å². The van der Waals surface area contributed by atoms with Crippen molar-refractivity contribution in [3.05, 3.63) is 22.6 Å². The Bertz CT molecular complexity index is 1110. The van der Waals surface area contributed by atoms with Crippen LogP contribution in [0.25, 0.3) is 10.2 Å². The number of nitrogens with zero attached hydrogens (tertiary/aromatic N) is 2. The van der Waals surface area contributed by atoms with Crippen LogP contribution in [0.2, 0.25) is 0 Å². The summed E-state index contributed by atoms with van der Waals surface area (Å²) in [6.07, 6.45) is -14.1. The first kappa shape index (κ1) is 27.7. The molecule has 16 heteroatoms. The van der Waals surface area contributed by atoms with E-state index in [2.05, 4.69) is 20.4 Å². The van der Waals surface area contributed by atoms with Crippen molar-refractivity contribution < 1.29 is 49.8 Å². The van der Waals surface area contributed by atoms with Crippen molar-refractivity contribution in [2.45, 2.75) is 44.2 Å². The van der Waals surface area contributed by atoms with Gasteiger partial charge in [0.15, 0.2) is 6.17 Å². The van der Waals surface area contributed by atoms with E-state index in [1.807, 2.05) is 0 Å². The number of hydrogen-bond acceptors (Lipinski definition) is 7. The maximum Gasteiger partial charge on any atom is 0.522 e. The molecule has 1 aliphatic heterocycles. The van der Waals surface area contributed by atoms with E-state index in [-0.39, 0.29) is 34.6 Å². The van der Waals surface area contributed by atoms with Gasteiger partial charge in [0.2, 0.25) is 0 Å². The van der Waals surface area contributed by atoms with Crippen LogP contribution in [0.5, 0.6) is 0 Å². The number of hydrogen-bond donors (Lipinski definition) is 2. The van der Waals surface area contributed by atoms with Gasteiger partial charge in [-0.1, -0.05) is 0 Å². The smallest absolute Gasteiger partial charge is 0.443 e. The Labute approximate surface area is 203 Å². The zero-order chi connectivity index (χ0) is 26.8. The van der Waals surface area contributed by atoms with Gasteiger partial charge in [-0.05, 0) is 13.0 Å². The number of nitrogens with one attached hydrogen (secondary N) is 2. The van der Waals surface area contributed by atoms with E-state index in [9.17, 15) is 40.3 Å². The van der Waals surface area contributed by atoms with Gasteiger partial charge in [0.1, 0.15) is 11.9 Å². The summed E-state index contributed by atoms with van der Waals surface area (Å²) < 4.78 is 101. The molecule has 200 valence electrons. The zero-order valence-electron chi connectivity index (χ0n) is 18.8. The van der Waals surface area contributed by atoms with Gasteiger partial charge < -0.3 is 20.3 Å². The van der Waals surface area contributed by atoms with Gasteiger partial charge in [0.05, 0.1) is 40.5 Å². The van der Waals surface area contributed by atoms with Gasteiger partial charge in [-0.2, -0.15) is 13.2 Å². The molecule has 3 heterocycles. The number of pyridine rings is 1. The second-order valence-corrected chi connectivity index (χ2v) is 8.81. The molecule has 2 aromatic heterocycles. The summed E-state index contributed by atoms with van der Waals surface area (Å²) in [5.74, 6) is -0.836. The van der Waals surface area contributed by atoms with Crippen LogP contribution >= 0.6 is 11.3 Å². The zero-order valence-corrected chi connectivity index (χ0v) is 19.6. The molecule has 0 aliphatic carbocycles. The summed E-state index contributed by atoms with van der Waals surface area (Å²) in [4.78, 5) is 29.4. The largest absolute Gasteiger partial charge is 0.522 e. The molecule has 8 nitrogen and oxygen atoms in total. The Morgan fingerprint density at radius 1 is 1.28 bits per heavy atom. The third-order valence-electron chi connectivity index (χ3n) is 5.21. The SMILES string of the molecule is CNC(=O)c1csc2c(C(F)(F)F)cc(N3CC[C@@H](OC(=O)N[C@@H](C)COC(F)(F)F)[C@H](F)C3)nc12. The van der Waals surface area contributed by atoms with Gasteiger partial charge in [0, 0.05) is 25.4 Å². The van der Waals surface area contributed by atoms with Gasteiger partial charge in [-0.15, -0.1) is 24.5 Å². The van der Waals surface area contributed by atoms with Crippen molar-refractivity contribution in [1.82, 2.24) is 15.6 Å². The molecule has 0 radical (unpaired) electrons. The molecular weight excluding hydrogens is 525 g/mol. The second-order valence-electron chi connectivity index (χ2n) is 7.93. The molecular formula is C20H21F7N4O4S. The van der Waals surface area contributed by atoms with Gasteiger partial charge in [0.25, 0.3) is 5.91 Å². The molecule has 0 bridgehead atoms. The molecule has 1 aliphatic rings. The summed E-state index contributed by atoms with van der Waals surface area (Å²) in [6, 6.07) is -0.316. The van der Waals surface area contributed by atoms with Crippen LogP contribution in [-0.2, 0) is 15.7 Å². The number of anilines is 1. The van der Waals surface area contributed by atoms with Crippen molar-refractivity contribution in [2.24, 2.45) is 0 Å². The Morgan fingerprint density at radius 3 is 2.56 bits per heavy atom. The predicted octanol–water partition coefficient (Wildman–Crippen LogP) is 4.24. The van der Waals surface area contributed by atoms with E-state index in [0.29, 0.717) is 11.3 Å². The maximum absolute atomic E-state index is 14.8. The number of halogens is 7. The number of alkyl carbamates (subject to hydrolysis) is 1. The number of ether oxygens (including phenoxy) is 2. The van der Waals surface area contributed by atoms with E-state index in [0.717, 1.165) is 6.07 Å². The minimum Gasteiger partial charge on any atom is -0.443 e. The lowest BCUT2D eigenvalue weighted by Gasteiger charge is -2.35. The lowest BCUT2D eigenvalue weighted by atomic mass is 10.1. The number of aromatic nitrogens is 1. The number of rotatable bonds is 6. The van der Waals surface area contributed by atoms with E-state index < -0.39 is 61.6 Å². The van der Waals surface area contributed by atoms with Crippen LogP contribution in [-0.4, -0.2) is 68.4 Å². The molecule has 0 aromatic carbocycles. The highest BCUT2D eigenvalue weighted by Gasteiger charge is 2.38. The normalized spacial score (nSPS) is 19.8. The van der Waals surface area contributed by atoms with E-state index in [1.54, 1.807) is 0 Å². The Kier molecular flexibility index (Phi) is 8.17. The molecule has 0 unspecified atom stereocenters. The molecule has 3 rings (SSSR count). The van der Waals surface area contributed by atoms with Crippen molar-refractivity contribution in [1.29, 1.82) is 0 Å². The highest BCUT2D eigenvalue weighted by Crippen LogP contribution is 2.40. The molecule has 0 saturated carbocycles. The fraction of sp³-hybridized carbons (Fsp3) is 0.550. The van der Waals surface area contributed by atoms with Gasteiger partial charge in [-0.25, -0.2) is 14.2 Å². The number of thiophene rings is 1. The monoisotopic (exact) mass is 546 g/mol. The third-order valence-corrected chi connectivity index (χ3v) is 6.21. The van der Waals surface area contributed by atoms with Crippen molar-refractivity contribution in [3.63, 3.8) is 0 Å². The number of carbonyl (C=O) groups is 2. The Hall–Kier alpha value is -2.88. The third kappa shape index (κ3) is 6.66. The van der Waals surface area contributed by atoms with E-state index in [1.165, 1.54) is 24.3 Å². The van der Waals surface area contributed by atoms with Gasteiger partial charge in [-0.3, -0.25) is 9.53 Å². The minimum atomic E-state index is -4.89. The molecule has 2 aromatic rings. The molecule has 0 spiro atoms. The lowest BCUT2D eigenvalue weighted by molar-refractivity contribution is -0.325. The molecule has 2 amide bonds. The number of fused-ring (bicyclic) bond motifs is 1. The number of alkyl halides is 7. The average Bonchev–Trinajstić information content (AvgIpc) is 3.20. The van der Waals surface area contributed by atoms with Crippen LogP contribution in [0, 0.1) is 0 Å². The Balaban J connectivity index is 1.72. The van der Waals surface area contributed by atoms with Crippen LogP contribution in [0.1, 0.15) is 29.3 Å². The van der Waals surface area contributed by atoms with Crippen LogP contribution < -0.4 is 15.5 Å². The van der Waals surface area contributed by atoms with Crippen molar-refractivity contribution >= 4 is 39.4 Å². The summed E-state index contributed by atoms with van der Waals surface area (Å²) in [6.45, 7) is -0.174. The van der Waals surface area contributed by atoms with Crippen molar-refractivity contribution in [2.75, 3.05) is 31.6 Å². The molecule has 2 N–H and O–H groups in total. The Morgan fingerprint density at radius 2 is 1.97 bits per heavy atom. The first-order valence-corrected chi connectivity index (χ1v) is 11.4. The lowest BCUT2D eigenvalue weighted by Crippen LogP contribution is -2.49. The molecule has 1 saturated heterocycles. The maximum atomic E-state index is 14.8. The fourth-order valence-electron chi connectivity index (χ4n) is 3.52. The summed E-state index contributed by atoms with van der Waals surface area (Å²) in [7, 11) is 1.32. The first-order valence-electron chi connectivity index (χ1n) is 10.5. The van der Waals surface area contributed by atoms with E-state index >= 15 is 0 Å². The molecule has 3 atom stereocenters. The fourth-order valence-corrected chi connectivity index (χ4v) is 4.54. The van der Waals surface area contributed by atoms with Gasteiger partial charge >= 0.3 is 18.6 Å². The highest BCUT2D eigenvalue weighted by molar-refractivity contribution is 7.17. The second kappa shape index (κ2) is 10.6. The number of amides is 2. The first-order chi connectivity index (χ1) is 16.7. The summed E-state index contributed by atoms with van der Waals surface area (Å²) in [5.41, 5.74) is -1.25. The standard InChI is InChI=1S/C20H21F7N4O4S/c1-9(7-34-20(25,26)27)29-18(33)35-13-3-4-31(6-12(13)21)14-5-11(19(22,23)24)16-15(30-14)10(8-36-16)17(32)28-2/h5,8-9,12-13H,3-4,6-7H2,1-2H3,(H,28,32)(H,29,33)/t9-,12+,13+/m0/s1. The van der Waals surface area contributed by atoms with E-state index in [4.69, 9.17) is 4.74 Å². The minimum absolute atomic E-state index is 0.0413. The van der Waals surface area contributed by atoms with Crippen LogP contribution in [0.4, 0.5) is 41.3 Å². The topological polar surface area (TPSA) is 92.8 Å². The quantitative estimate of drug-likeness (QED) is 0.527. The predicted molar refractivity (Wildman–Crippen MR) is 115 cm³/mol. The number of carbonyl (C=O) groups excluding carboxylic acids is 2. The summed E-state index contributed by atoms with van der Waals surface area (Å²) >= 11 is 0.712.